The maximum Gasteiger partial charge on any atom is 0.194 e. The quantitative estimate of drug-likeness (QED) is 0.288. The van der Waals surface area contributed by atoms with Crippen LogP contribution in [0.3, 0.4) is 0 Å². The number of halogens is 1. The lowest BCUT2D eigenvalue weighted by Crippen LogP contribution is -2.52. The van der Waals surface area contributed by atoms with Crippen LogP contribution in [-0.2, 0) is 6.42 Å². The average Bonchev–Trinajstić information content (AvgIpc) is 3.21. The topological polar surface area (TPSA) is 68.8 Å². The number of hydrogen-bond donors (Lipinski definition) is 2. The highest BCUT2D eigenvalue weighted by Gasteiger charge is 2.21. The Bertz CT molecular complexity index is 963. The van der Waals surface area contributed by atoms with Gasteiger partial charge in [0, 0.05) is 45.7 Å². The molecular formula is C23H31IN6O. The molecule has 8 heteroatoms. The lowest BCUT2D eigenvalue weighted by molar-refractivity contribution is 0.367. The van der Waals surface area contributed by atoms with Crippen molar-refractivity contribution in [2.24, 2.45) is 4.99 Å². The summed E-state index contributed by atoms with van der Waals surface area (Å²) >= 11 is 0. The van der Waals surface area contributed by atoms with E-state index in [0.29, 0.717) is 6.54 Å². The minimum Gasteiger partial charge on any atom is -0.495 e. The molecule has 3 aromatic rings. The van der Waals surface area contributed by atoms with Gasteiger partial charge in [0.2, 0.25) is 0 Å². The average molecular weight is 534 g/mol. The maximum atomic E-state index is 5.53. The number of anilines is 1. The van der Waals surface area contributed by atoms with Crippen LogP contribution in [0.4, 0.5) is 5.69 Å². The van der Waals surface area contributed by atoms with Gasteiger partial charge in [-0.3, -0.25) is 4.99 Å². The normalized spacial score (nSPS) is 14.5. The van der Waals surface area contributed by atoms with Gasteiger partial charge < -0.3 is 24.8 Å². The summed E-state index contributed by atoms with van der Waals surface area (Å²) in [6.07, 6.45) is 0.796. The molecule has 0 saturated carbocycles. The molecule has 2 N–H and O–H groups in total. The molecular weight excluding hydrogens is 503 g/mol. The zero-order valence-electron chi connectivity index (χ0n) is 18.2. The lowest BCUT2D eigenvalue weighted by atomic mass is 10.2. The number of methoxy groups -OCH3 is 1. The minimum absolute atomic E-state index is 0. The summed E-state index contributed by atoms with van der Waals surface area (Å²) in [5.74, 6) is 2.89. The number of nitrogens with one attached hydrogen (secondary N) is 2. The lowest BCUT2D eigenvalue weighted by Gasteiger charge is -2.38. The van der Waals surface area contributed by atoms with E-state index in [9.17, 15) is 0 Å². The van der Waals surface area contributed by atoms with Crippen molar-refractivity contribution in [2.45, 2.75) is 13.3 Å². The van der Waals surface area contributed by atoms with E-state index in [-0.39, 0.29) is 24.0 Å². The van der Waals surface area contributed by atoms with Gasteiger partial charge in [-0.1, -0.05) is 24.3 Å². The number of H-pyrrole nitrogens is 1. The third kappa shape index (κ3) is 5.61. The first-order chi connectivity index (χ1) is 14.8. The second-order valence-electron chi connectivity index (χ2n) is 7.33. The SMILES string of the molecule is CCNC(=NCCc1nc2ccccc2[nH]1)N1CCN(c2ccccc2OC)CC1.I. The number of aromatic amines is 1. The highest BCUT2D eigenvalue weighted by molar-refractivity contribution is 14.0. The van der Waals surface area contributed by atoms with Gasteiger partial charge in [0.05, 0.1) is 23.8 Å². The van der Waals surface area contributed by atoms with Gasteiger partial charge in [0.25, 0.3) is 0 Å². The molecule has 1 aliphatic rings. The Hall–Kier alpha value is -2.49. The van der Waals surface area contributed by atoms with Crippen molar-refractivity contribution in [1.82, 2.24) is 20.2 Å². The first kappa shape index (κ1) is 23.2. The van der Waals surface area contributed by atoms with Gasteiger partial charge >= 0.3 is 0 Å². The number of fused-ring (bicyclic) bond motifs is 1. The summed E-state index contributed by atoms with van der Waals surface area (Å²) in [5.41, 5.74) is 3.25. The van der Waals surface area contributed by atoms with Gasteiger partial charge in [-0.25, -0.2) is 4.98 Å². The van der Waals surface area contributed by atoms with E-state index in [1.165, 1.54) is 0 Å². The predicted octanol–water partition coefficient (Wildman–Crippen LogP) is 3.52. The van der Waals surface area contributed by atoms with E-state index in [2.05, 4.69) is 50.2 Å². The highest BCUT2D eigenvalue weighted by atomic mass is 127. The van der Waals surface area contributed by atoms with Crippen molar-refractivity contribution in [3.05, 3.63) is 54.4 Å². The number of hydrogen-bond acceptors (Lipinski definition) is 4. The van der Waals surface area contributed by atoms with Crippen molar-refractivity contribution < 1.29 is 4.74 Å². The molecule has 2 aromatic carbocycles. The van der Waals surface area contributed by atoms with Crippen LogP contribution in [0.2, 0.25) is 0 Å². The van der Waals surface area contributed by atoms with Crippen LogP contribution in [0.1, 0.15) is 12.7 Å². The number of rotatable bonds is 6. The molecule has 0 spiro atoms. The van der Waals surface area contributed by atoms with Gasteiger partial charge in [0.15, 0.2) is 5.96 Å². The molecule has 7 nitrogen and oxygen atoms in total. The molecule has 1 fully saturated rings. The third-order valence-electron chi connectivity index (χ3n) is 5.39. The number of aromatic nitrogens is 2. The molecule has 0 radical (unpaired) electrons. The standard InChI is InChI=1S/C23H30N6O.HI/c1-3-24-23(25-13-12-22-26-18-8-4-5-9-19(18)27-22)29-16-14-28(15-17-29)20-10-6-7-11-21(20)30-2;/h4-11H,3,12-17H2,1-2H3,(H,24,25)(H,26,27);1H. The smallest absolute Gasteiger partial charge is 0.194 e. The Kier molecular flexibility index (Phi) is 8.39. The van der Waals surface area contributed by atoms with Crippen molar-refractivity contribution in [1.29, 1.82) is 0 Å². The van der Waals surface area contributed by atoms with Crippen LogP contribution in [0.5, 0.6) is 5.75 Å². The van der Waals surface area contributed by atoms with Crippen LogP contribution in [-0.4, -0.2) is 67.2 Å². The maximum absolute atomic E-state index is 5.53. The highest BCUT2D eigenvalue weighted by Crippen LogP contribution is 2.28. The molecule has 1 aromatic heterocycles. The first-order valence-electron chi connectivity index (χ1n) is 10.6. The van der Waals surface area contributed by atoms with Gasteiger partial charge in [-0.2, -0.15) is 0 Å². The number of imidazole rings is 1. The molecule has 31 heavy (non-hydrogen) atoms. The van der Waals surface area contributed by atoms with Crippen molar-refractivity contribution in [2.75, 3.05) is 51.3 Å². The van der Waals surface area contributed by atoms with Crippen LogP contribution >= 0.6 is 24.0 Å². The minimum atomic E-state index is 0. The molecule has 0 atom stereocenters. The molecule has 0 aliphatic carbocycles. The van der Waals surface area contributed by atoms with Crippen LogP contribution in [0.25, 0.3) is 11.0 Å². The summed E-state index contributed by atoms with van der Waals surface area (Å²) in [6.45, 7) is 7.40. The Labute approximate surface area is 200 Å². The van der Waals surface area contributed by atoms with E-state index in [1.807, 2.05) is 30.3 Å². The number of ether oxygens (including phenoxy) is 1. The molecule has 166 valence electrons. The molecule has 0 bridgehead atoms. The number of para-hydroxylation sites is 4. The second-order valence-corrected chi connectivity index (χ2v) is 7.33. The van der Waals surface area contributed by atoms with Crippen molar-refractivity contribution >= 4 is 46.7 Å². The van der Waals surface area contributed by atoms with Crippen LogP contribution in [0.15, 0.2) is 53.5 Å². The van der Waals surface area contributed by atoms with E-state index in [1.54, 1.807) is 7.11 Å². The second kappa shape index (κ2) is 11.2. The third-order valence-corrected chi connectivity index (χ3v) is 5.39. The van der Waals surface area contributed by atoms with Crippen molar-refractivity contribution in [3.8, 4) is 5.75 Å². The van der Waals surface area contributed by atoms with Crippen molar-refractivity contribution in [3.63, 3.8) is 0 Å². The van der Waals surface area contributed by atoms with Gasteiger partial charge in [-0.05, 0) is 31.2 Å². The largest absolute Gasteiger partial charge is 0.495 e. The fourth-order valence-corrected chi connectivity index (χ4v) is 3.87. The number of guanidine groups is 1. The Morgan fingerprint density at radius 2 is 1.84 bits per heavy atom. The summed E-state index contributed by atoms with van der Waals surface area (Å²) in [6, 6.07) is 16.3. The van der Waals surface area contributed by atoms with E-state index >= 15 is 0 Å². The number of piperazine rings is 1. The fourth-order valence-electron chi connectivity index (χ4n) is 3.87. The molecule has 4 rings (SSSR count). The Balaban J connectivity index is 0.00000272. The van der Waals surface area contributed by atoms with E-state index in [0.717, 1.165) is 73.4 Å². The van der Waals surface area contributed by atoms with Gasteiger partial charge in [-0.15, -0.1) is 24.0 Å². The molecule has 0 amide bonds. The zero-order valence-corrected chi connectivity index (χ0v) is 20.5. The summed E-state index contributed by atoms with van der Waals surface area (Å²) in [7, 11) is 1.73. The fraction of sp³-hybridized carbons (Fsp3) is 0.391. The van der Waals surface area contributed by atoms with Crippen LogP contribution < -0.4 is 15.0 Å². The summed E-state index contributed by atoms with van der Waals surface area (Å²) in [5, 5.41) is 3.44. The first-order valence-corrected chi connectivity index (χ1v) is 10.6. The summed E-state index contributed by atoms with van der Waals surface area (Å²) in [4.78, 5) is 17.6. The van der Waals surface area contributed by atoms with Gasteiger partial charge in [0.1, 0.15) is 11.6 Å². The Morgan fingerprint density at radius 1 is 1.10 bits per heavy atom. The molecule has 0 unspecified atom stereocenters. The number of nitrogens with zero attached hydrogens (tertiary/aromatic N) is 4. The van der Waals surface area contributed by atoms with E-state index < -0.39 is 0 Å². The number of benzene rings is 2. The summed E-state index contributed by atoms with van der Waals surface area (Å²) < 4.78 is 5.53. The zero-order chi connectivity index (χ0) is 20.8. The Morgan fingerprint density at radius 3 is 2.58 bits per heavy atom. The number of aliphatic imine (C=N–C) groups is 1. The predicted molar refractivity (Wildman–Crippen MR) is 138 cm³/mol. The monoisotopic (exact) mass is 534 g/mol. The molecule has 1 aliphatic heterocycles. The molecule has 1 saturated heterocycles. The van der Waals surface area contributed by atoms with Crippen LogP contribution in [0, 0.1) is 0 Å². The van der Waals surface area contributed by atoms with E-state index in [4.69, 9.17) is 9.73 Å². The molecule has 2 heterocycles.